The molecule has 0 heterocycles. The lowest BCUT2D eigenvalue weighted by Crippen LogP contribution is -2.38. The van der Waals surface area contributed by atoms with Crippen molar-refractivity contribution in [3.63, 3.8) is 0 Å². The molecule has 3 nitrogen and oxygen atoms in total. The fourth-order valence-corrected chi connectivity index (χ4v) is 2.11. The molecule has 0 atom stereocenters. The average molecular weight is 269 g/mol. The van der Waals surface area contributed by atoms with Gasteiger partial charge in [0.05, 0.1) is 0 Å². The molecule has 0 unspecified atom stereocenters. The minimum absolute atomic E-state index is 0. The third-order valence-electron chi connectivity index (χ3n) is 3.17. The van der Waals surface area contributed by atoms with Crippen molar-refractivity contribution in [1.82, 2.24) is 4.90 Å². The number of hydrogen-bond donors (Lipinski definition) is 1. The first-order chi connectivity index (χ1) is 8.13. The van der Waals surface area contributed by atoms with Gasteiger partial charge in [-0.2, -0.15) is 0 Å². The zero-order valence-corrected chi connectivity index (χ0v) is 11.7. The van der Waals surface area contributed by atoms with Crippen molar-refractivity contribution in [2.75, 3.05) is 0 Å². The molecule has 0 bridgehead atoms. The van der Waals surface area contributed by atoms with Crippen LogP contribution in [-0.4, -0.2) is 22.9 Å². The molecule has 0 aromatic heterocycles. The number of carbonyl (C=O) groups excluding carboxylic acids is 1. The Kier molecular flexibility index (Phi) is 5.17. The van der Waals surface area contributed by atoms with Gasteiger partial charge in [0, 0.05) is 24.2 Å². The lowest BCUT2D eigenvalue weighted by molar-refractivity contribution is 0.0690. The van der Waals surface area contributed by atoms with E-state index in [2.05, 4.69) is 13.8 Å². The maximum Gasteiger partial charge on any atom is 0.254 e. The molecule has 18 heavy (non-hydrogen) atoms. The van der Waals surface area contributed by atoms with Crippen LogP contribution in [0.25, 0.3) is 0 Å². The number of halogens is 1. The highest BCUT2D eigenvalue weighted by molar-refractivity contribution is 5.94. The van der Waals surface area contributed by atoms with Crippen molar-refractivity contribution in [2.24, 2.45) is 5.73 Å². The molecular weight excluding hydrogens is 248 g/mol. The van der Waals surface area contributed by atoms with E-state index in [9.17, 15) is 4.79 Å². The normalized spacial score (nSPS) is 14.2. The van der Waals surface area contributed by atoms with Gasteiger partial charge in [0.2, 0.25) is 0 Å². The fraction of sp³-hybridized carbons (Fsp3) is 0.500. The summed E-state index contributed by atoms with van der Waals surface area (Å²) < 4.78 is 0. The van der Waals surface area contributed by atoms with Crippen molar-refractivity contribution < 1.29 is 4.79 Å². The number of nitrogens with two attached hydrogens (primary N) is 1. The Labute approximate surface area is 115 Å². The van der Waals surface area contributed by atoms with Crippen LogP contribution in [0.3, 0.4) is 0 Å². The first-order valence-corrected chi connectivity index (χ1v) is 6.25. The van der Waals surface area contributed by atoms with Gasteiger partial charge in [-0.15, -0.1) is 12.4 Å². The average Bonchev–Trinajstić information content (AvgIpc) is 3.13. The van der Waals surface area contributed by atoms with Crippen LogP contribution in [0.2, 0.25) is 0 Å². The Balaban J connectivity index is 0.00000162. The van der Waals surface area contributed by atoms with E-state index in [4.69, 9.17) is 5.73 Å². The van der Waals surface area contributed by atoms with Crippen molar-refractivity contribution in [3.05, 3.63) is 35.4 Å². The Bertz CT molecular complexity index is 397. The Hall–Kier alpha value is -1.06. The maximum absolute atomic E-state index is 12.4. The molecule has 0 spiro atoms. The molecule has 0 saturated heterocycles. The monoisotopic (exact) mass is 268 g/mol. The highest BCUT2D eigenvalue weighted by Gasteiger charge is 2.34. The third kappa shape index (κ3) is 3.24. The van der Waals surface area contributed by atoms with Crippen LogP contribution in [0.1, 0.15) is 42.6 Å². The van der Waals surface area contributed by atoms with Crippen LogP contribution in [0.5, 0.6) is 0 Å². The molecule has 2 rings (SSSR count). The molecule has 0 radical (unpaired) electrons. The van der Waals surface area contributed by atoms with Gasteiger partial charge in [-0.3, -0.25) is 4.79 Å². The van der Waals surface area contributed by atoms with Gasteiger partial charge in [0.15, 0.2) is 0 Å². The second kappa shape index (κ2) is 6.21. The highest BCUT2D eigenvalue weighted by Crippen LogP contribution is 2.30. The highest BCUT2D eigenvalue weighted by atomic mass is 35.5. The summed E-state index contributed by atoms with van der Waals surface area (Å²) in [7, 11) is 0. The van der Waals surface area contributed by atoms with Crippen molar-refractivity contribution in [1.29, 1.82) is 0 Å². The zero-order chi connectivity index (χ0) is 12.4. The summed E-state index contributed by atoms with van der Waals surface area (Å²) in [6.45, 7) is 4.67. The molecule has 1 aromatic rings. The summed E-state index contributed by atoms with van der Waals surface area (Å²) in [5.74, 6) is 0.145. The van der Waals surface area contributed by atoms with Crippen LogP contribution in [-0.2, 0) is 6.54 Å². The smallest absolute Gasteiger partial charge is 0.254 e. The number of rotatable bonds is 4. The van der Waals surface area contributed by atoms with Gasteiger partial charge in [0.25, 0.3) is 5.91 Å². The summed E-state index contributed by atoms with van der Waals surface area (Å²) in [4.78, 5) is 14.4. The zero-order valence-electron chi connectivity index (χ0n) is 10.9. The van der Waals surface area contributed by atoms with E-state index in [1.165, 1.54) is 0 Å². The maximum atomic E-state index is 12.4. The third-order valence-corrected chi connectivity index (χ3v) is 3.17. The quantitative estimate of drug-likeness (QED) is 0.912. The molecule has 1 aliphatic rings. The second-order valence-electron chi connectivity index (χ2n) is 4.94. The van der Waals surface area contributed by atoms with E-state index in [1.807, 2.05) is 29.2 Å². The number of benzene rings is 1. The van der Waals surface area contributed by atoms with Gasteiger partial charge in [-0.1, -0.05) is 12.1 Å². The Morgan fingerprint density at radius 1 is 1.33 bits per heavy atom. The van der Waals surface area contributed by atoms with Crippen LogP contribution in [0, 0.1) is 0 Å². The molecule has 0 aliphatic heterocycles. The standard InChI is InChI=1S/C14H20N2O.ClH/c1-10(2)16(13-7-8-13)14(17)12-5-3-11(9-15)4-6-12;/h3-6,10,13H,7-9,15H2,1-2H3;1H. The molecule has 4 heteroatoms. The first kappa shape index (κ1) is 15.0. The van der Waals surface area contributed by atoms with Crippen LogP contribution in [0.15, 0.2) is 24.3 Å². The van der Waals surface area contributed by atoms with Gasteiger partial charge in [-0.05, 0) is 44.4 Å². The van der Waals surface area contributed by atoms with E-state index < -0.39 is 0 Å². The molecule has 1 fully saturated rings. The van der Waals surface area contributed by atoms with E-state index in [1.54, 1.807) is 0 Å². The van der Waals surface area contributed by atoms with E-state index >= 15 is 0 Å². The van der Waals surface area contributed by atoms with E-state index in [0.29, 0.717) is 12.6 Å². The first-order valence-electron chi connectivity index (χ1n) is 6.25. The van der Waals surface area contributed by atoms with Crippen molar-refractivity contribution in [2.45, 2.75) is 45.3 Å². The molecule has 100 valence electrons. The summed E-state index contributed by atoms with van der Waals surface area (Å²) in [5, 5.41) is 0. The topological polar surface area (TPSA) is 46.3 Å². The molecule has 1 aromatic carbocycles. The van der Waals surface area contributed by atoms with Gasteiger partial charge in [0.1, 0.15) is 0 Å². The Morgan fingerprint density at radius 2 is 1.89 bits per heavy atom. The molecular formula is C14H21ClN2O. The van der Waals surface area contributed by atoms with E-state index in [-0.39, 0.29) is 24.4 Å². The predicted octanol–water partition coefficient (Wildman–Crippen LogP) is 2.58. The minimum atomic E-state index is 0. The Morgan fingerprint density at radius 3 is 2.28 bits per heavy atom. The minimum Gasteiger partial charge on any atom is -0.333 e. The lowest BCUT2D eigenvalue weighted by atomic mass is 10.1. The molecule has 2 N–H and O–H groups in total. The van der Waals surface area contributed by atoms with Crippen LogP contribution < -0.4 is 5.73 Å². The lowest BCUT2D eigenvalue weighted by Gasteiger charge is -2.26. The number of carbonyl (C=O) groups is 1. The summed E-state index contributed by atoms with van der Waals surface area (Å²) in [5.41, 5.74) is 7.37. The molecule has 1 aliphatic carbocycles. The van der Waals surface area contributed by atoms with Crippen LogP contribution >= 0.6 is 12.4 Å². The number of amides is 1. The van der Waals surface area contributed by atoms with Gasteiger partial charge in [-0.25, -0.2) is 0 Å². The summed E-state index contributed by atoms with van der Waals surface area (Å²) >= 11 is 0. The second-order valence-corrected chi connectivity index (χ2v) is 4.94. The number of hydrogen-bond acceptors (Lipinski definition) is 2. The van der Waals surface area contributed by atoms with Gasteiger partial charge < -0.3 is 10.6 Å². The van der Waals surface area contributed by atoms with E-state index in [0.717, 1.165) is 24.0 Å². The predicted molar refractivity (Wildman–Crippen MR) is 75.9 cm³/mol. The van der Waals surface area contributed by atoms with Crippen molar-refractivity contribution >= 4 is 18.3 Å². The molecule has 1 amide bonds. The SMILES string of the molecule is CC(C)N(C(=O)c1ccc(CN)cc1)C1CC1.Cl. The largest absolute Gasteiger partial charge is 0.333 e. The number of nitrogens with zero attached hydrogens (tertiary/aromatic N) is 1. The summed E-state index contributed by atoms with van der Waals surface area (Å²) in [6.07, 6.45) is 2.29. The summed E-state index contributed by atoms with van der Waals surface area (Å²) in [6, 6.07) is 8.34. The molecule has 1 saturated carbocycles. The van der Waals surface area contributed by atoms with Gasteiger partial charge >= 0.3 is 0 Å². The van der Waals surface area contributed by atoms with Crippen molar-refractivity contribution in [3.8, 4) is 0 Å². The fourth-order valence-electron chi connectivity index (χ4n) is 2.11. The van der Waals surface area contributed by atoms with Crippen LogP contribution in [0.4, 0.5) is 0 Å².